The van der Waals surface area contributed by atoms with Gasteiger partial charge in [0.05, 0.1) is 16.1 Å². The van der Waals surface area contributed by atoms with Gasteiger partial charge in [-0.05, 0) is 55.4 Å². The quantitative estimate of drug-likeness (QED) is 0.377. The summed E-state index contributed by atoms with van der Waals surface area (Å²) in [5.74, 6) is -0.409. The topological polar surface area (TPSA) is 73.8 Å². The molecule has 0 radical (unpaired) electrons. The number of rotatable bonds is 10. The number of piperidine rings is 1. The predicted molar refractivity (Wildman–Crippen MR) is 145 cm³/mol. The van der Waals surface area contributed by atoms with Crippen molar-refractivity contribution >= 4 is 54.0 Å². The highest BCUT2D eigenvalue weighted by Crippen LogP contribution is 2.33. The van der Waals surface area contributed by atoms with Gasteiger partial charge in [0, 0.05) is 26.2 Å². The number of hydrogen-bond acceptors (Lipinski definition) is 7. The number of benzene rings is 1. The minimum absolute atomic E-state index is 0.0275. The lowest BCUT2D eigenvalue weighted by Gasteiger charge is -2.34. The molecule has 0 saturated carbocycles. The van der Waals surface area contributed by atoms with Gasteiger partial charge in [0.1, 0.15) is 4.21 Å². The Hall–Kier alpha value is -1.85. The minimum Gasteiger partial charge on any atom is -0.302 e. The van der Waals surface area contributed by atoms with Crippen molar-refractivity contribution in [3.05, 3.63) is 41.3 Å². The van der Waals surface area contributed by atoms with Crippen LogP contribution in [0.1, 0.15) is 39.2 Å². The van der Waals surface area contributed by atoms with Crippen LogP contribution in [0.3, 0.4) is 0 Å². The normalized spacial score (nSPS) is 17.3. The number of anilines is 1. The van der Waals surface area contributed by atoms with Crippen LogP contribution in [0.5, 0.6) is 0 Å². The van der Waals surface area contributed by atoms with E-state index in [1.807, 2.05) is 11.0 Å². The fraction of sp³-hybridized carbons (Fsp3) is 0.520. The third-order valence-electron chi connectivity index (χ3n) is 6.73. The highest BCUT2D eigenvalue weighted by atomic mass is 32.2. The first-order valence-electron chi connectivity index (χ1n) is 12.3. The molecule has 190 valence electrons. The van der Waals surface area contributed by atoms with E-state index < -0.39 is 10.0 Å². The predicted octanol–water partition coefficient (Wildman–Crippen LogP) is 4.70. The lowest BCUT2D eigenvalue weighted by Crippen LogP contribution is -2.48. The summed E-state index contributed by atoms with van der Waals surface area (Å²) in [6.07, 6.45) is 2.24. The molecule has 4 rings (SSSR count). The lowest BCUT2D eigenvalue weighted by molar-refractivity contribution is -0.123. The molecule has 10 heteroatoms. The Morgan fingerprint density at radius 1 is 1.14 bits per heavy atom. The summed E-state index contributed by atoms with van der Waals surface area (Å²) in [6, 6.07) is 9.56. The number of carbonyl (C=O) groups is 1. The number of fused-ring (bicyclic) bond motifs is 1. The number of aryl methyl sites for hydroxylation is 1. The van der Waals surface area contributed by atoms with Gasteiger partial charge in [-0.2, -0.15) is 4.31 Å². The van der Waals surface area contributed by atoms with Crippen molar-refractivity contribution in [2.75, 3.05) is 44.2 Å². The molecule has 1 fully saturated rings. The molecular formula is C25H34N4O3S3. The maximum absolute atomic E-state index is 13.9. The average Bonchev–Trinajstić information content (AvgIpc) is 3.57. The second-order valence-electron chi connectivity index (χ2n) is 8.76. The third-order valence-corrected chi connectivity index (χ3v) is 11.0. The van der Waals surface area contributed by atoms with E-state index in [1.54, 1.807) is 28.8 Å². The van der Waals surface area contributed by atoms with E-state index in [2.05, 4.69) is 37.8 Å². The molecule has 3 heterocycles. The molecule has 2 aromatic heterocycles. The van der Waals surface area contributed by atoms with Crippen LogP contribution >= 0.6 is 22.7 Å². The summed E-state index contributed by atoms with van der Waals surface area (Å²) in [4.78, 5) is 23.0. The molecule has 1 aliphatic rings. The summed E-state index contributed by atoms with van der Waals surface area (Å²) >= 11 is 2.76. The largest absolute Gasteiger partial charge is 0.302 e. The van der Waals surface area contributed by atoms with Crippen molar-refractivity contribution in [3.63, 3.8) is 0 Å². The Morgan fingerprint density at radius 2 is 1.94 bits per heavy atom. The van der Waals surface area contributed by atoms with Crippen molar-refractivity contribution in [3.8, 4) is 0 Å². The first kappa shape index (κ1) is 26.2. The maximum atomic E-state index is 13.9. The molecule has 0 N–H and O–H groups in total. The Balaban J connectivity index is 1.62. The molecule has 7 nitrogen and oxygen atoms in total. The number of nitrogens with zero attached hydrogens (tertiary/aromatic N) is 4. The Morgan fingerprint density at radius 3 is 2.63 bits per heavy atom. The van der Waals surface area contributed by atoms with Crippen LogP contribution in [0.2, 0.25) is 0 Å². The van der Waals surface area contributed by atoms with Crippen LogP contribution in [-0.2, 0) is 21.2 Å². The number of carbonyl (C=O) groups excluding carboxylic acids is 1. The van der Waals surface area contributed by atoms with Crippen molar-refractivity contribution in [2.45, 2.75) is 44.2 Å². The molecule has 1 aliphatic heterocycles. The Bertz CT molecular complexity index is 1240. The van der Waals surface area contributed by atoms with E-state index in [1.165, 1.54) is 21.2 Å². The first-order valence-corrected chi connectivity index (χ1v) is 15.5. The number of sulfonamides is 1. The van der Waals surface area contributed by atoms with Gasteiger partial charge in [0.25, 0.3) is 10.0 Å². The van der Waals surface area contributed by atoms with Gasteiger partial charge >= 0.3 is 0 Å². The molecular weight excluding hydrogens is 501 g/mol. The number of amides is 1. The first-order chi connectivity index (χ1) is 16.9. The van der Waals surface area contributed by atoms with Crippen molar-refractivity contribution in [1.82, 2.24) is 14.2 Å². The van der Waals surface area contributed by atoms with Gasteiger partial charge in [-0.1, -0.05) is 50.3 Å². The van der Waals surface area contributed by atoms with Gasteiger partial charge in [0.15, 0.2) is 5.13 Å². The molecule has 35 heavy (non-hydrogen) atoms. The van der Waals surface area contributed by atoms with Gasteiger partial charge in [0.2, 0.25) is 5.91 Å². The molecule has 0 bridgehead atoms. The zero-order valence-electron chi connectivity index (χ0n) is 20.6. The highest BCUT2D eigenvalue weighted by Gasteiger charge is 2.36. The van der Waals surface area contributed by atoms with Crippen molar-refractivity contribution < 1.29 is 13.2 Å². The summed E-state index contributed by atoms with van der Waals surface area (Å²) < 4.78 is 29.2. The number of thiazole rings is 1. The van der Waals surface area contributed by atoms with E-state index in [0.29, 0.717) is 35.3 Å². The van der Waals surface area contributed by atoms with Crippen LogP contribution in [0.25, 0.3) is 10.2 Å². The molecule has 3 aromatic rings. The average molecular weight is 535 g/mol. The van der Waals surface area contributed by atoms with Gasteiger partial charge in [-0.25, -0.2) is 13.4 Å². The molecule has 1 aromatic carbocycles. The zero-order chi connectivity index (χ0) is 25.0. The fourth-order valence-corrected chi connectivity index (χ4v) is 8.31. The summed E-state index contributed by atoms with van der Waals surface area (Å²) in [6.45, 7) is 10.1. The van der Waals surface area contributed by atoms with Gasteiger partial charge < -0.3 is 4.90 Å². The van der Waals surface area contributed by atoms with Crippen LogP contribution in [-0.4, -0.2) is 67.8 Å². The third kappa shape index (κ3) is 5.61. The van der Waals surface area contributed by atoms with E-state index in [9.17, 15) is 13.2 Å². The van der Waals surface area contributed by atoms with Crippen LogP contribution in [0.4, 0.5) is 5.13 Å². The number of hydrogen-bond donors (Lipinski definition) is 0. The molecule has 1 saturated heterocycles. The summed E-state index contributed by atoms with van der Waals surface area (Å²) in [5.41, 5.74) is 2.13. The van der Waals surface area contributed by atoms with Crippen LogP contribution in [0, 0.1) is 5.92 Å². The number of likely N-dealkylation sites (N-methyl/N-ethyl adjacent to an activating group) is 1. The molecule has 0 spiro atoms. The second kappa shape index (κ2) is 11.5. The zero-order valence-corrected chi connectivity index (χ0v) is 23.1. The monoisotopic (exact) mass is 534 g/mol. The smallest absolute Gasteiger partial charge is 0.252 e. The SMILES string of the molecule is CCc1cccc2sc(N(CCN(CC)CC)C(=O)C3CCCN(S(=O)(=O)c4cccs4)C3)nc12. The minimum atomic E-state index is -3.58. The molecule has 0 aliphatic carbocycles. The summed E-state index contributed by atoms with van der Waals surface area (Å²) in [5, 5.41) is 2.47. The highest BCUT2D eigenvalue weighted by molar-refractivity contribution is 7.91. The lowest BCUT2D eigenvalue weighted by atomic mass is 9.98. The maximum Gasteiger partial charge on any atom is 0.252 e. The molecule has 1 amide bonds. The number of aromatic nitrogens is 1. The van der Waals surface area contributed by atoms with E-state index >= 15 is 0 Å². The Labute approximate surface area is 216 Å². The summed E-state index contributed by atoms with van der Waals surface area (Å²) in [7, 11) is -3.58. The fourth-order valence-electron chi connectivity index (χ4n) is 4.60. The standard InChI is InChI=1S/C25H34N4O3S3/c1-4-19-10-7-12-21-23(19)26-25(34-21)29(16-15-27(5-2)6-3)24(30)20-11-8-14-28(18-20)35(31,32)22-13-9-17-33-22/h7,9-10,12-13,17,20H,4-6,8,11,14-16,18H2,1-3H3. The van der Waals surface area contributed by atoms with Crippen LogP contribution < -0.4 is 4.90 Å². The van der Waals surface area contributed by atoms with Crippen LogP contribution in [0.15, 0.2) is 39.9 Å². The van der Waals surface area contributed by atoms with Crippen molar-refractivity contribution in [1.29, 1.82) is 0 Å². The van der Waals surface area contributed by atoms with E-state index in [0.717, 1.165) is 36.3 Å². The molecule has 1 unspecified atom stereocenters. The second-order valence-corrected chi connectivity index (χ2v) is 12.9. The Kier molecular flexibility index (Phi) is 8.59. The van der Waals surface area contributed by atoms with Crippen molar-refractivity contribution in [2.24, 2.45) is 5.92 Å². The number of thiophene rings is 1. The van der Waals surface area contributed by atoms with E-state index in [-0.39, 0.29) is 18.4 Å². The van der Waals surface area contributed by atoms with Gasteiger partial charge in [-0.15, -0.1) is 11.3 Å². The molecule has 1 atom stereocenters. The number of para-hydroxylation sites is 1. The van der Waals surface area contributed by atoms with Gasteiger partial charge in [-0.3, -0.25) is 9.69 Å². The van der Waals surface area contributed by atoms with E-state index in [4.69, 9.17) is 4.98 Å².